The van der Waals surface area contributed by atoms with E-state index < -0.39 is 17.0 Å². The van der Waals surface area contributed by atoms with E-state index in [1.807, 2.05) is 0 Å². The van der Waals surface area contributed by atoms with Gasteiger partial charge in [-0.15, -0.1) is 0 Å². The van der Waals surface area contributed by atoms with Gasteiger partial charge in [-0.25, -0.2) is 8.78 Å². The molecule has 1 fully saturated rings. The second-order valence-corrected chi connectivity index (χ2v) is 4.25. The number of carbonyl (C=O) groups is 1. The zero-order valence-corrected chi connectivity index (χ0v) is 8.67. The zero-order chi connectivity index (χ0) is 11.8. The Morgan fingerprint density at radius 2 is 2.00 bits per heavy atom. The van der Waals surface area contributed by atoms with Crippen molar-refractivity contribution in [1.82, 2.24) is 0 Å². The summed E-state index contributed by atoms with van der Waals surface area (Å²) in [6.45, 7) is -0.231. The number of ketones is 1. The van der Waals surface area contributed by atoms with Gasteiger partial charge in [0.25, 0.3) is 0 Å². The third-order valence-electron chi connectivity index (χ3n) is 3.28. The molecule has 0 amide bonds. The average molecular weight is 226 g/mol. The first-order valence-corrected chi connectivity index (χ1v) is 5.20. The van der Waals surface area contributed by atoms with Crippen LogP contribution in [0.5, 0.6) is 0 Å². The highest BCUT2D eigenvalue weighted by atomic mass is 19.2. The molecule has 2 nitrogen and oxygen atoms in total. The maximum Gasteiger partial charge on any atom is 0.171 e. The van der Waals surface area contributed by atoms with E-state index in [4.69, 9.17) is 0 Å². The summed E-state index contributed by atoms with van der Waals surface area (Å²) in [5.41, 5.74) is -0.628. The van der Waals surface area contributed by atoms with Crippen LogP contribution in [0.15, 0.2) is 18.2 Å². The highest BCUT2D eigenvalue weighted by Gasteiger charge is 2.43. The van der Waals surface area contributed by atoms with Gasteiger partial charge in [0.2, 0.25) is 0 Å². The Kier molecular flexibility index (Phi) is 2.76. The number of hydrogen-bond acceptors (Lipinski definition) is 2. The fourth-order valence-electron chi connectivity index (χ4n) is 2.00. The lowest BCUT2D eigenvalue weighted by Crippen LogP contribution is -2.41. The van der Waals surface area contributed by atoms with Gasteiger partial charge >= 0.3 is 0 Å². The lowest BCUT2D eigenvalue weighted by molar-refractivity contribution is 0.0347. The molecule has 0 aliphatic heterocycles. The Balaban J connectivity index is 2.30. The molecule has 16 heavy (non-hydrogen) atoms. The molecule has 0 radical (unpaired) electrons. The molecular formula is C12H12F2O2. The van der Waals surface area contributed by atoms with Gasteiger partial charge < -0.3 is 5.11 Å². The molecule has 86 valence electrons. The highest BCUT2D eigenvalue weighted by molar-refractivity contribution is 6.01. The Morgan fingerprint density at radius 3 is 2.44 bits per heavy atom. The van der Waals surface area contributed by atoms with E-state index in [0.29, 0.717) is 12.8 Å². The summed E-state index contributed by atoms with van der Waals surface area (Å²) in [4.78, 5) is 12.0. The van der Waals surface area contributed by atoms with E-state index in [2.05, 4.69) is 0 Å². The van der Waals surface area contributed by atoms with Crippen LogP contribution in [0.1, 0.15) is 29.6 Å². The molecule has 1 aliphatic carbocycles. The van der Waals surface area contributed by atoms with Crippen LogP contribution in [0.2, 0.25) is 0 Å². The van der Waals surface area contributed by atoms with Crippen LogP contribution in [-0.2, 0) is 0 Å². The molecular weight excluding hydrogens is 214 g/mol. The molecule has 4 heteroatoms. The molecule has 0 spiro atoms. The monoisotopic (exact) mass is 226 g/mol. The van der Waals surface area contributed by atoms with Gasteiger partial charge in [-0.05, 0) is 31.0 Å². The van der Waals surface area contributed by atoms with Crippen molar-refractivity contribution >= 4 is 5.78 Å². The van der Waals surface area contributed by atoms with Gasteiger partial charge in [-0.1, -0.05) is 6.42 Å². The Labute approximate surface area is 91.9 Å². The summed E-state index contributed by atoms with van der Waals surface area (Å²) in [6, 6.07) is 3.09. The molecule has 0 saturated heterocycles. The number of carbonyl (C=O) groups excluding carboxylic acids is 1. The molecule has 0 heterocycles. The van der Waals surface area contributed by atoms with E-state index in [0.717, 1.165) is 18.6 Å². The Morgan fingerprint density at radius 1 is 1.31 bits per heavy atom. The fourth-order valence-corrected chi connectivity index (χ4v) is 2.00. The van der Waals surface area contributed by atoms with Crippen molar-refractivity contribution in [1.29, 1.82) is 0 Å². The molecule has 0 aromatic heterocycles. The first-order chi connectivity index (χ1) is 7.59. The van der Waals surface area contributed by atoms with E-state index in [1.54, 1.807) is 0 Å². The van der Waals surface area contributed by atoms with Crippen LogP contribution in [0.4, 0.5) is 8.78 Å². The van der Waals surface area contributed by atoms with Crippen LogP contribution in [0.3, 0.4) is 0 Å². The smallest absolute Gasteiger partial charge is 0.171 e. The van der Waals surface area contributed by atoms with Crippen molar-refractivity contribution in [2.24, 2.45) is 5.41 Å². The highest BCUT2D eigenvalue weighted by Crippen LogP contribution is 2.43. The summed E-state index contributed by atoms with van der Waals surface area (Å²) < 4.78 is 25.7. The maximum atomic E-state index is 13.0. The summed E-state index contributed by atoms with van der Waals surface area (Å²) in [5, 5.41) is 9.20. The van der Waals surface area contributed by atoms with Crippen LogP contribution in [-0.4, -0.2) is 17.5 Å². The van der Waals surface area contributed by atoms with Gasteiger partial charge in [0.15, 0.2) is 17.4 Å². The minimum atomic E-state index is -1.03. The normalized spacial score (nSPS) is 17.9. The molecule has 0 unspecified atom stereocenters. The van der Waals surface area contributed by atoms with Gasteiger partial charge in [-0.2, -0.15) is 0 Å². The second-order valence-electron chi connectivity index (χ2n) is 4.25. The third kappa shape index (κ3) is 1.63. The minimum Gasteiger partial charge on any atom is -0.395 e. The largest absolute Gasteiger partial charge is 0.395 e. The molecule has 2 rings (SSSR count). The van der Waals surface area contributed by atoms with E-state index >= 15 is 0 Å². The minimum absolute atomic E-state index is 0.132. The maximum absolute atomic E-state index is 13.0. The van der Waals surface area contributed by atoms with E-state index in [1.165, 1.54) is 6.07 Å². The molecule has 0 bridgehead atoms. The summed E-state index contributed by atoms with van der Waals surface area (Å²) in [7, 11) is 0. The van der Waals surface area contributed by atoms with Crippen molar-refractivity contribution < 1.29 is 18.7 Å². The third-order valence-corrected chi connectivity index (χ3v) is 3.28. The summed E-state index contributed by atoms with van der Waals surface area (Å²) in [5.74, 6) is -2.29. The van der Waals surface area contributed by atoms with Gasteiger partial charge in [-0.3, -0.25) is 4.79 Å². The van der Waals surface area contributed by atoms with Gasteiger partial charge in [0.1, 0.15) is 0 Å². The summed E-state index contributed by atoms with van der Waals surface area (Å²) >= 11 is 0. The molecule has 1 aromatic rings. The predicted octanol–water partition coefficient (Wildman–Crippen LogP) is 2.31. The van der Waals surface area contributed by atoms with E-state index in [-0.39, 0.29) is 18.0 Å². The molecule has 1 aromatic carbocycles. The SMILES string of the molecule is O=C(c1ccc(F)c(F)c1)C1(CO)CCC1. The van der Waals surface area contributed by atoms with E-state index in [9.17, 15) is 18.7 Å². The van der Waals surface area contributed by atoms with Crippen LogP contribution >= 0.6 is 0 Å². The van der Waals surface area contributed by atoms with Gasteiger partial charge in [0, 0.05) is 5.56 Å². The van der Waals surface area contributed by atoms with Crippen molar-refractivity contribution in [3.8, 4) is 0 Å². The lowest BCUT2D eigenvalue weighted by Gasteiger charge is -2.38. The number of rotatable bonds is 3. The molecule has 1 N–H and O–H groups in total. The number of aliphatic hydroxyl groups excluding tert-OH is 1. The zero-order valence-electron chi connectivity index (χ0n) is 8.67. The first kappa shape index (κ1) is 11.2. The lowest BCUT2D eigenvalue weighted by atomic mass is 9.65. The van der Waals surface area contributed by atoms with Crippen molar-refractivity contribution in [2.45, 2.75) is 19.3 Å². The summed E-state index contributed by atoms with van der Waals surface area (Å²) in [6.07, 6.45) is 2.11. The van der Waals surface area contributed by atoms with Crippen LogP contribution in [0.25, 0.3) is 0 Å². The predicted molar refractivity (Wildman–Crippen MR) is 54.1 cm³/mol. The first-order valence-electron chi connectivity index (χ1n) is 5.20. The average Bonchev–Trinajstić information content (AvgIpc) is 2.21. The standard InChI is InChI=1S/C12H12F2O2/c13-9-3-2-8(6-10(9)14)11(16)12(7-15)4-1-5-12/h2-3,6,15H,1,4-5,7H2. The Hall–Kier alpha value is -1.29. The number of aliphatic hydroxyl groups is 1. The molecule has 0 atom stereocenters. The number of hydrogen-bond donors (Lipinski definition) is 1. The van der Waals surface area contributed by atoms with Crippen molar-refractivity contribution in [3.63, 3.8) is 0 Å². The van der Waals surface area contributed by atoms with Gasteiger partial charge in [0.05, 0.1) is 12.0 Å². The second kappa shape index (κ2) is 3.94. The molecule has 1 aliphatic rings. The topological polar surface area (TPSA) is 37.3 Å². The number of benzene rings is 1. The number of halogens is 2. The van der Waals surface area contributed by atoms with Crippen molar-refractivity contribution in [3.05, 3.63) is 35.4 Å². The quantitative estimate of drug-likeness (QED) is 0.803. The van der Waals surface area contributed by atoms with Crippen molar-refractivity contribution in [2.75, 3.05) is 6.61 Å². The van der Waals surface area contributed by atoms with Crippen LogP contribution in [0, 0.1) is 17.0 Å². The fraction of sp³-hybridized carbons (Fsp3) is 0.417. The number of Topliss-reactive ketones (excluding diaryl/α,β-unsaturated/α-hetero) is 1. The van der Waals surface area contributed by atoms with Crippen LogP contribution < -0.4 is 0 Å². The Bertz CT molecular complexity index is 420. The molecule has 1 saturated carbocycles.